The lowest BCUT2D eigenvalue weighted by Gasteiger charge is -2.33. The number of carbonyl (C=O) groups excluding carboxylic acids is 1. The van der Waals surface area contributed by atoms with E-state index in [0.717, 1.165) is 0 Å². The molecule has 0 unspecified atom stereocenters. The smallest absolute Gasteiger partial charge is 0.208 e. The summed E-state index contributed by atoms with van der Waals surface area (Å²) >= 11 is 2.93. The number of Topliss-reactive ketones (excluding diaryl/α,β-unsaturated/α-hetero) is 1. The van der Waals surface area contributed by atoms with Gasteiger partial charge in [-0.05, 0) is 28.9 Å². The SMILES string of the molecule is COC1=CC([O-])=C(Br)C(=O)[C@@]1(C)OC. The summed E-state index contributed by atoms with van der Waals surface area (Å²) in [7, 11) is 2.78. The number of rotatable bonds is 2. The van der Waals surface area contributed by atoms with Gasteiger partial charge in [0.05, 0.1) is 11.6 Å². The van der Waals surface area contributed by atoms with Crippen molar-refractivity contribution in [2.24, 2.45) is 0 Å². The highest BCUT2D eigenvalue weighted by Gasteiger charge is 2.42. The molecule has 1 atom stereocenters. The molecule has 1 aliphatic rings. The Morgan fingerprint density at radius 1 is 1.50 bits per heavy atom. The molecule has 0 radical (unpaired) electrons. The number of ether oxygens (including phenoxy) is 2. The maximum Gasteiger partial charge on any atom is 0.208 e. The first-order chi connectivity index (χ1) is 6.47. The molecule has 0 saturated carbocycles. The van der Waals surface area contributed by atoms with Crippen LogP contribution in [0.4, 0.5) is 0 Å². The molecule has 5 heteroatoms. The van der Waals surface area contributed by atoms with Gasteiger partial charge in [-0.3, -0.25) is 4.79 Å². The lowest BCUT2D eigenvalue weighted by molar-refractivity contribution is -0.296. The molecule has 1 aliphatic carbocycles. The minimum Gasteiger partial charge on any atom is -0.872 e. The minimum atomic E-state index is -1.21. The third-order valence-corrected chi connectivity index (χ3v) is 2.96. The van der Waals surface area contributed by atoms with Gasteiger partial charge in [0.1, 0.15) is 5.76 Å². The predicted molar refractivity (Wildman–Crippen MR) is 51.5 cm³/mol. The van der Waals surface area contributed by atoms with Gasteiger partial charge in [-0.1, -0.05) is 5.76 Å². The molecule has 0 fully saturated rings. The lowest BCUT2D eigenvalue weighted by Crippen LogP contribution is -2.43. The van der Waals surface area contributed by atoms with Gasteiger partial charge in [-0.2, -0.15) is 0 Å². The standard InChI is InChI=1S/C9H11BrO4/c1-9(14-3)6(13-2)4-5(11)7(10)8(9)12/h4,11H,1-3H3/p-1/t9-/m0/s1. The molecule has 0 saturated heterocycles. The summed E-state index contributed by atoms with van der Waals surface area (Å²) < 4.78 is 10.0. The first-order valence-electron chi connectivity index (χ1n) is 3.90. The van der Waals surface area contributed by atoms with Crippen molar-refractivity contribution in [3.8, 4) is 0 Å². The van der Waals surface area contributed by atoms with Crippen molar-refractivity contribution in [3.63, 3.8) is 0 Å². The second-order valence-corrected chi connectivity index (χ2v) is 3.75. The van der Waals surface area contributed by atoms with Crippen LogP contribution >= 0.6 is 15.9 Å². The van der Waals surface area contributed by atoms with E-state index in [1.165, 1.54) is 20.3 Å². The van der Waals surface area contributed by atoms with Crippen LogP contribution in [0.25, 0.3) is 0 Å². The average molecular weight is 262 g/mol. The highest BCUT2D eigenvalue weighted by Crippen LogP contribution is 2.33. The molecule has 14 heavy (non-hydrogen) atoms. The van der Waals surface area contributed by atoms with Crippen molar-refractivity contribution < 1.29 is 19.4 Å². The zero-order chi connectivity index (χ0) is 10.9. The summed E-state index contributed by atoms with van der Waals surface area (Å²) in [6.07, 6.45) is 1.25. The first kappa shape index (κ1) is 11.3. The van der Waals surface area contributed by atoms with E-state index in [4.69, 9.17) is 9.47 Å². The molecule has 0 heterocycles. The van der Waals surface area contributed by atoms with E-state index >= 15 is 0 Å². The van der Waals surface area contributed by atoms with Gasteiger partial charge >= 0.3 is 0 Å². The third-order valence-electron chi connectivity index (χ3n) is 2.21. The summed E-state index contributed by atoms with van der Waals surface area (Å²) in [4.78, 5) is 11.7. The van der Waals surface area contributed by atoms with Crippen LogP contribution < -0.4 is 5.11 Å². The highest BCUT2D eigenvalue weighted by molar-refractivity contribution is 9.12. The molecule has 0 aromatic heterocycles. The molecular weight excluding hydrogens is 252 g/mol. The van der Waals surface area contributed by atoms with Gasteiger partial charge in [-0.15, -0.1) is 0 Å². The fraction of sp³-hybridized carbons (Fsp3) is 0.444. The van der Waals surface area contributed by atoms with Crippen LogP contribution in [0.5, 0.6) is 0 Å². The zero-order valence-corrected chi connectivity index (χ0v) is 9.67. The van der Waals surface area contributed by atoms with Gasteiger partial charge in [-0.25, -0.2) is 0 Å². The number of halogens is 1. The average Bonchev–Trinajstić information content (AvgIpc) is 2.20. The Bertz CT molecular complexity index is 332. The molecule has 0 bridgehead atoms. The van der Waals surface area contributed by atoms with Gasteiger partial charge in [0.2, 0.25) is 5.78 Å². The number of carbonyl (C=O) groups is 1. The number of hydrogen-bond acceptors (Lipinski definition) is 4. The Morgan fingerprint density at radius 3 is 2.50 bits per heavy atom. The van der Waals surface area contributed by atoms with E-state index < -0.39 is 17.1 Å². The van der Waals surface area contributed by atoms with Crippen LogP contribution in [0.2, 0.25) is 0 Å². The molecule has 1 rings (SSSR count). The largest absolute Gasteiger partial charge is 0.872 e. The Morgan fingerprint density at radius 2 is 2.07 bits per heavy atom. The third kappa shape index (κ3) is 1.46. The van der Waals surface area contributed by atoms with E-state index in [1.807, 2.05) is 0 Å². The quantitative estimate of drug-likeness (QED) is 0.725. The van der Waals surface area contributed by atoms with Crippen molar-refractivity contribution in [3.05, 3.63) is 22.1 Å². The number of hydrogen-bond donors (Lipinski definition) is 0. The Labute approximate surface area is 90.3 Å². The van der Waals surface area contributed by atoms with Crippen molar-refractivity contribution in [2.45, 2.75) is 12.5 Å². The first-order valence-corrected chi connectivity index (χ1v) is 4.69. The Kier molecular flexibility index (Phi) is 3.01. The van der Waals surface area contributed by atoms with Crippen LogP contribution in [0, 0.1) is 0 Å². The lowest BCUT2D eigenvalue weighted by atomic mass is 9.93. The Balaban J connectivity index is 3.26. The molecular formula is C9H10BrO4-. The van der Waals surface area contributed by atoms with Crippen LogP contribution in [0.3, 0.4) is 0 Å². The predicted octanol–water partition coefficient (Wildman–Crippen LogP) is 0.471. The van der Waals surface area contributed by atoms with Gasteiger partial charge in [0, 0.05) is 7.11 Å². The van der Waals surface area contributed by atoms with Crippen LogP contribution in [0.15, 0.2) is 22.1 Å². The molecule has 0 aromatic rings. The minimum absolute atomic E-state index is 0.0114. The number of methoxy groups -OCH3 is 2. The molecule has 0 amide bonds. The van der Waals surface area contributed by atoms with Crippen LogP contribution in [-0.4, -0.2) is 25.6 Å². The van der Waals surface area contributed by atoms with E-state index in [1.54, 1.807) is 6.92 Å². The molecule has 78 valence electrons. The maximum atomic E-state index is 11.7. The second kappa shape index (κ2) is 3.74. The highest BCUT2D eigenvalue weighted by atomic mass is 79.9. The molecule has 0 aromatic carbocycles. The van der Waals surface area contributed by atoms with Gasteiger partial charge in [0.25, 0.3) is 0 Å². The molecule has 0 aliphatic heterocycles. The topological polar surface area (TPSA) is 58.6 Å². The summed E-state index contributed by atoms with van der Waals surface area (Å²) in [6, 6.07) is 0. The fourth-order valence-corrected chi connectivity index (χ4v) is 1.69. The number of ketones is 1. The van der Waals surface area contributed by atoms with Gasteiger partial charge < -0.3 is 14.6 Å². The summed E-state index contributed by atoms with van der Waals surface area (Å²) in [6.45, 7) is 1.55. The van der Waals surface area contributed by atoms with Crippen molar-refractivity contribution in [1.29, 1.82) is 0 Å². The van der Waals surface area contributed by atoms with Crippen LogP contribution in [-0.2, 0) is 14.3 Å². The Hall–Kier alpha value is -0.810. The number of allylic oxidation sites excluding steroid dienone is 1. The van der Waals surface area contributed by atoms with E-state index in [9.17, 15) is 9.90 Å². The van der Waals surface area contributed by atoms with Crippen molar-refractivity contribution in [2.75, 3.05) is 14.2 Å². The summed E-state index contributed by atoms with van der Waals surface area (Å²) in [5, 5.41) is 11.3. The fourth-order valence-electron chi connectivity index (χ4n) is 1.20. The second-order valence-electron chi connectivity index (χ2n) is 2.96. The zero-order valence-electron chi connectivity index (χ0n) is 8.09. The molecule has 4 nitrogen and oxygen atoms in total. The summed E-state index contributed by atoms with van der Waals surface area (Å²) in [5.74, 6) is -0.607. The van der Waals surface area contributed by atoms with Crippen molar-refractivity contribution in [1.82, 2.24) is 0 Å². The van der Waals surface area contributed by atoms with E-state index in [-0.39, 0.29) is 10.2 Å². The molecule has 0 spiro atoms. The monoisotopic (exact) mass is 261 g/mol. The normalized spacial score (nSPS) is 27.7. The van der Waals surface area contributed by atoms with E-state index in [2.05, 4.69) is 15.9 Å². The molecule has 0 N–H and O–H groups in total. The van der Waals surface area contributed by atoms with E-state index in [0.29, 0.717) is 0 Å². The van der Waals surface area contributed by atoms with Crippen molar-refractivity contribution >= 4 is 21.7 Å². The van der Waals surface area contributed by atoms with Gasteiger partial charge in [0.15, 0.2) is 5.60 Å². The summed E-state index contributed by atoms with van der Waals surface area (Å²) in [5.41, 5.74) is -1.21. The maximum absolute atomic E-state index is 11.7. The van der Waals surface area contributed by atoms with Crippen LogP contribution in [0.1, 0.15) is 6.92 Å².